The molecule has 1 heterocycles. The number of pyridine rings is 1. The molecule has 0 saturated heterocycles. The largest absolute Gasteiger partial charge is 0.461 e. The zero-order valence-corrected chi connectivity index (χ0v) is 13.1. The van der Waals surface area contributed by atoms with E-state index >= 15 is 0 Å². The van der Waals surface area contributed by atoms with Crippen LogP contribution in [-0.4, -0.2) is 11.0 Å². The van der Waals surface area contributed by atoms with Crippen LogP contribution in [0, 0.1) is 0 Å². The van der Waals surface area contributed by atoms with E-state index in [2.05, 4.69) is 4.98 Å². The molecule has 110 valence electrons. The minimum atomic E-state index is -0.245. The number of ether oxygens (including phenoxy) is 1. The van der Waals surface area contributed by atoms with Crippen molar-refractivity contribution in [1.29, 1.82) is 0 Å². The zero-order chi connectivity index (χ0) is 15.2. The Bertz CT molecular complexity index is 617. The van der Waals surface area contributed by atoms with Crippen LogP contribution < -0.4 is 0 Å². The molecule has 2 rings (SSSR count). The fourth-order valence-corrected chi connectivity index (χ4v) is 2.23. The fourth-order valence-electron chi connectivity index (χ4n) is 1.91. The molecule has 5 heteroatoms. The molecule has 0 saturated carbocycles. The number of nitrogens with zero attached hydrogens (tertiary/aromatic N) is 1. The van der Waals surface area contributed by atoms with E-state index in [1.165, 1.54) is 0 Å². The Balaban J connectivity index is 1.86. The maximum Gasteiger partial charge on any atom is 0.306 e. The Morgan fingerprint density at radius 3 is 2.57 bits per heavy atom. The lowest BCUT2D eigenvalue weighted by Crippen LogP contribution is -2.08. The maximum atomic E-state index is 11.9. The first-order valence-corrected chi connectivity index (χ1v) is 7.31. The topological polar surface area (TPSA) is 39.2 Å². The summed E-state index contributed by atoms with van der Waals surface area (Å²) >= 11 is 11.8. The van der Waals surface area contributed by atoms with Gasteiger partial charge in [0, 0.05) is 12.4 Å². The van der Waals surface area contributed by atoms with E-state index in [0.29, 0.717) is 16.5 Å². The minimum Gasteiger partial charge on any atom is -0.461 e. The van der Waals surface area contributed by atoms with Gasteiger partial charge >= 0.3 is 5.97 Å². The van der Waals surface area contributed by atoms with Crippen molar-refractivity contribution in [3.63, 3.8) is 0 Å². The third-order valence-corrected chi connectivity index (χ3v) is 3.87. The summed E-state index contributed by atoms with van der Waals surface area (Å²) in [5, 5.41) is 0.938. The Hall–Kier alpha value is -1.58. The van der Waals surface area contributed by atoms with E-state index in [-0.39, 0.29) is 18.5 Å². The number of rotatable bonds is 5. The quantitative estimate of drug-likeness (QED) is 0.753. The van der Waals surface area contributed by atoms with Crippen molar-refractivity contribution in [3.05, 3.63) is 63.9 Å². The SMILES string of the molecule is CC(CC(=O)OCc1ccc(Cl)c(Cl)c1)c1ccncc1. The minimum absolute atomic E-state index is 0.0919. The van der Waals surface area contributed by atoms with Crippen molar-refractivity contribution in [2.75, 3.05) is 0 Å². The lowest BCUT2D eigenvalue weighted by Gasteiger charge is -2.11. The lowest BCUT2D eigenvalue weighted by atomic mass is 9.99. The molecule has 2 aromatic rings. The highest BCUT2D eigenvalue weighted by Gasteiger charge is 2.12. The standard InChI is InChI=1S/C16H15Cl2NO2/c1-11(13-4-6-19-7-5-13)8-16(20)21-10-12-2-3-14(17)15(18)9-12/h2-7,9,11H,8,10H2,1H3. The van der Waals surface area contributed by atoms with Gasteiger partial charge in [-0.3, -0.25) is 9.78 Å². The Morgan fingerprint density at radius 1 is 1.19 bits per heavy atom. The van der Waals surface area contributed by atoms with Gasteiger partial charge < -0.3 is 4.74 Å². The molecule has 0 aliphatic rings. The van der Waals surface area contributed by atoms with Gasteiger partial charge in [-0.1, -0.05) is 36.2 Å². The molecule has 0 radical (unpaired) electrons. The van der Waals surface area contributed by atoms with Crippen molar-refractivity contribution >= 4 is 29.2 Å². The lowest BCUT2D eigenvalue weighted by molar-refractivity contribution is -0.145. The molecule has 1 unspecified atom stereocenters. The van der Waals surface area contributed by atoms with Crippen LogP contribution in [0.1, 0.15) is 30.4 Å². The third-order valence-electron chi connectivity index (χ3n) is 3.13. The van der Waals surface area contributed by atoms with Gasteiger partial charge in [0.05, 0.1) is 16.5 Å². The summed E-state index contributed by atoms with van der Waals surface area (Å²) in [6.45, 7) is 2.18. The van der Waals surface area contributed by atoms with E-state index < -0.39 is 0 Å². The Morgan fingerprint density at radius 2 is 1.90 bits per heavy atom. The van der Waals surface area contributed by atoms with Crippen LogP contribution in [0.2, 0.25) is 10.0 Å². The summed E-state index contributed by atoms with van der Waals surface area (Å²) in [6, 6.07) is 8.97. The molecule has 0 amide bonds. The Labute approximate surface area is 133 Å². The average molecular weight is 324 g/mol. The number of aromatic nitrogens is 1. The molecule has 21 heavy (non-hydrogen) atoms. The zero-order valence-electron chi connectivity index (χ0n) is 11.6. The number of hydrogen-bond donors (Lipinski definition) is 0. The van der Waals surface area contributed by atoms with Crippen LogP contribution in [0.4, 0.5) is 0 Å². The highest BCUT2D eigenvalue weighted by Crippen LogP contribution is 2.23. The molecule has 0 N–H and O–H groups in total. The molecule has 0 aliphatic heterocycles. The van der Waals surface area contributed by atoms with Crippen molar-refractivity contribution < 1.29 is 9.53 Å². The number of hydrogen-bond acceptors (Lipinski definition) is 3. The summed E-state index contributed by atoms with van der Waals surface area (Å²) in [6.07, 6.45) is 3.76. The van der Waals surface area contributed by atoms with Crippen molar-refractivity contribution in [2.45, 2.75) is 25.9 Å². The van der Waals surface area contributed by atoms with Gasteiger partial charge in [0.2, 0.25) is 0 Å². The second kappa shape index (κ2) is 7.43. The van der Waals surface area contributed by atoms with Gasteiger partial charge in [0.25, 0.3) is 0 Å². The number of esters is 1. The van der Waals surface area contributed by atoms with Gasteiger partial charge in [0.1, 0.15) is 6.61 Å². The van der Waals surface area contributed by atoms with E-state index in [4.69, 9.17) is 27.9 Å². The van der Waals surface area contributed by atoms with E-state index in [1.807, 2.05) is 19.1 Å². The number of carbonyl (C=O) groups excluding carboxylic acids is 1. The van der Waals surface area contributed by atoms with Crippen LogP contribution in [0.5, 0.6) is 0 Å². The van der Waals surface area contributed by atoms with Crippen LogP contribution >= 0.6 is 23.2 Å². The summed E-state index contributed by atoms with van der Waals surface area (Å²) in [4.78, 5) is 15.8. The smallest absolute Gasteiger partial charge is 0.306 e. The summed E-state index contributed by atoms with van der Waals surface area (Å²) in [5.41, 5.74) is 1.88. The van der Waals surface area contributed by atoms with E-state index in [1.54, 1.807) is 30.6 Å². The van der Waals surface area contributed by atoms with Crippen LogP contribution in [0.3, 0.4) is 0 Å². The number of halogens is 2. The second-order valence-corrected chi connectivity index (χ2v) is 5.61. The maximum absolute atomic E-state index is 11.9. The fraction of sp³-hybridized carbons (Fsp3) is 0.250. The second-order valence-electron chi connectivity index (χ2n) is 4.79. The molecule has 0 spiro atoms. The first-order valence-electron chi connectivity index (χ1n) is 6.55. The van der Waals surface area contributed by atoms with Gasteiger partial charge in [-0.05, 0) is 41.3 Å². The van der Waals surface area contributed by atoms with Crippen LogP contribution in [0.25, 0.3) is 0 Å². The van der Waals surface area contributed by atoms with Crippen LogP contribution in [-0.2, 0) is 16.1 Å². The van der Waals surface area contributed by atoms with Crippen molar-refractivity contribution in [2.24, 2.45) is 0 Å². The molecule has 1 atom stereocenters. The molecule has 0 bridgehead atoms. The van der Waals surface area contributed by atoms with Crippen molar-refractivity contribution in [1.82, 2.24) is 4.98 Å². The van der Waals surface area contributed by atoms with Crippen molar-refractivity contribution in [3.8, 4) is 0 Å². The number of benzene rings is 1. The Kier molecular flexibility index (Phi) is 5.59. The molecule has 0 fully saturated rings. The normalized spacial score (nSPS) is 12.0. The molecule has 0 aliphatic carbocycles. The highest BCUT2D eigenvalue weighted by atomic mass is 35.5. The molecular formula is C16H15Cl2NO2. The van der Waals surface area contributed by atoms with E-state index in [9.17, 15) is 4.79 Å². The highest BCUT2D eigenvalue weighted by molar-refractivity contribution is 6.42. The molecule has 1 aromatic carbocycles. The predicted octanol–water partition coefficient (Wildman–Crippen LogP) is 4.63. The van der Waals surface area contributed by atoms with Gasteiger partial charge in [-0.25, -0.2) is 0 Å². The molecule has 3 nitrogen and oxygen atoms in total. The monoisotopic (exact) mass is 323 g/mol. The van der Waals surface area contributed by atoms with Gasteiger partial charge in [-0.15, -0.1) is 0 Å². The first kappa shape index (κ1) is 15.8. The molecule has 1 aromatic heterocycles. The number of carbonyl (C=O) groups is 1. The van der Waals surface area contributed by atoms with Gasteiger partial charge in [-0.2, -0.15) is 0 Å². The molecular weight excluding hydrogens is 309 g/mol. The van der Waals surface area contributed by atoms with Gasteiger partial charge in [0.15, 0.2) is 0 Å². The summed E-state index contributed by atoms with van der Waals surface area (Å²) in [5.74, 6) is -0.153. The summed E-state index contributed by atoms with van der Waals surface area (Å²) in [7, 11) is 0. The van der Waals surface area contributed by atoms with E-state index in [0.717, 1.165) is 11.1 Å². The predicted molar refractivity (Wildman–Crippen MR) is 83.5 cm³/mol. The summed E-state index contributed by atoms with van der Waals surface area (Å²) < 4.78 is 5.26. The first-order chi connectivity index (χ1) is 10.1. The third kappa shape index (κ3) is 4.73. The average Bonchev–Trinajstić information content (AvgIpc) is 2.49. The van der Waals surface area contributed by atoms with Crippen LogP contribution in [0.15, 0.2) is 42.7 Å².